The maximum Gasteiger partial charge on any atom is 0.225 e. The van der Waals surface area contributed by atoms with Crippen LogP contribution in [0, 0.1) is 35.5 Å². The summed E-state index contributed by atoms with van der Waals surface area (Å²) in [5.41, 5.74) is 4.88. The molecular formula is C32H35N5O3S2. The second-order valence-corrected chi connectivity index (χ2v) is 15.2. The average Bonchev–Trinajstić information content (AvgIpc) is 3.64. The number of nitriles is 2. The van der Waals surface area contributed by atoms with Crippen LogP contribution in [0.5, 0.6) is 0 Å². The molecule has 1 aliphatic heterocycles. The fourth-order valence-electron chi connectivity index (χ4n) is 6.18. The molecule has 6 rings (SSSR count). The van der Waals surface area contributed by atoms with Gasteiger partial charge in [0, 0.05) is 36.2 Å². The van der Waals surface area contributed by atoms with Gasteiger partial charge in [0.05, 0.1) is 39.8 Å². The predicted molar refractivity (Wildman–Crippen MR) is 168 cm³/mol. The van der Waals surface area contributed by atoms with E-state index in [0.717, 1.165) is 63.6 Å². The number of aromatic nitrogens is 1. The molecule has 2 atom stereocenters. The number of carbonyl (C=O) groups is 1. The standard InChI is InChI=1S/C32H35N5O3S2/c1-21-18-22(19-33)6-11-25(21)31-35-28(26-4-2-3-5-27(26)30(38)36-32(20-34)12-13-32)29(41-31)23-7-9-24(10-8-23)37-14-16-42(39,40)17-15-37/h6-11,18,26-27,39-40H,2-5,12-17H2,1H3,(H,36,38)/t26-,27-/m1/s1. The van der Waals surface area contributed by atoms with Gasteiger partial charge in [-0.15, -0.1) is 11.3 Å². The van der Waals surface area contributed by atoms with Crippen molar-refractivity contribution in [1.82, 2.24) is 10.3 Å². The van der Waals surface area contributed by atoms with Crippen molar-refractivity contribution < 1.29 is 13.9 Å². The molecule has 0 radical (unpaired) electrons. The Morgan fingerprint density at radius 2 is 1.81 bits per heavy atom. The molecular weight excluding hydrogens is 567 g/mol. The number of hydrogen-bond donors (Lipinski definition) is 3. The molecule has 2 heterocycles. The summed E-state index contributed by atoms with van der Waals surface area (Å²) in [7, 11) is -2.46. The lowest BCUT2D eigenvalue weighted by atomic mass is 9.76. The summed E-state index contributed by atoms with van der Waals surface area (Å²) in [6.07, 6.45) is 5.04. The molecule has 0 spiro atoms. The van der Waals surface area contributed by atoms with Gasteiger partial charge in [0.1, 0.15) is 10.5 Å². The van der Waals surface area contributed by atoms with Crippen LogP contribution in [0.2, 0.25) is 0 Å². The average molecular weight is 602 g/mol. The molecule has 0 bridgehead atoms. The minimum atomic E-state index is -2.46. The number of thiazole rings is 1. The zero-order chi connectivity index (χ0) is 29.5. The highest BCUT2D eigenvalue weighted by atomic mass is 32.3. The number of hydrogen-bond acceptors (Lipinski definition) is 8. The van der Waals surface area contributed by atoms with Crippen LogP contribution < -0.4 is 10.2 Å². The van der Waals surface area contributed by atoms with E-state index in [1.54, 1.807) is 11.3 Å². The first-order valence-electron chi connectivity index (χ1n) is 14.5. The Bertz CT molecular complexity index is 1570. The Morgan fingerprint density at radius 1 is 1.10 bits per heavy atom. The van der Waals surface area contributed by atoms with Crippen molar-refractivity contribution in [3.8, 4) is 33.2 Å². The first kappa shape index (κ1) is 28.7. The minimum Gasteiger partial charge on any atom is -0.368 e. The van der Waals surface area contributed by atoms with Crippen LogP contribution in [0.1, 0.15) is 61.3 Å². The van der Waals surface area contributed by atoms with E-state index in [-0.39, 0.29) is 17.7 Å². The van der Waals surface area contributed by atoms with Gasteiger partial charge in [0.15, 0.2) is 0 Å². The largest absolute Gasteiger partial charge is 0.368 e. The third-order valence-electron chi connectivity index (χ3n) is 8.89. The fourth-order valence-corrected chi connectivity index (χ4v) is 8.64. The molecule has 3 fully saturated rings. The number of nitrogens with zero attached hydrogens (tertiary/aromatic N) is 4. The number of rotatable bonds is 6. The summed E-state index contributed by atoms with van der Waals surface area (Å²) < 4.78 is 20.0. The number of amides is 1. The normalized spacial score (nSPS) is 23.3. The molecule has 2 saturated carbocycles. The Labute approximate surface area is 252 Å². The van der Waals surface area contributed by atoms with Gasteiger partial charge in [-0.25, -0.2) is 4.98 Å². The molecule has 1 amide bonds. The topological polar surface area (TPSA) is 133 Å². The summed E-state index contributed by atoms with van der Waals surface area (Å²) in [4.78, 5) is 22.0. The second-order valence-electron chi connectivity index (χ2n) is 11.8. The highest BCUT2D eigenvalue weighted by molar-refractivity contribution is 8.24. The minimum absolute atomic E-state index is 0.0415. The van der Waals surface area contributed by atoms with Gasteiger partial charge in [-0.3, -0.25) is 13.9 Å². The van der Waals surface area contributed by atoms with Crippen LogP contribution in [0.4, 0.5) is 5.69 Å². The van der Waals surface area contributed by atoms with E-state index in [2.05, 4.69) is 46.6 Å². The predicted octanol–water partition coefficient (Wildman–Crippen LogP) is 6.67. The van der Waals surface area contributed by atoms with E-state index in [1.165, 1.54) is 0 Å². The molecule has 3 N–H and O–H groups in total. The molecule has 3 aliphatic rings. The lowest BCUT2D eigenvalue weighted by Crippen LogP contribution is -2.42. The molecule has 2 aromatic carbocycles. The van der Waals surface area contributed by atoms with Crippen LogP contribution in [0.25, 0.3) is 21.0 Å². The molecule has 3 aromatic rings. The van der Waals surface area contributed by atoms with Crippen LogP contribution in [0.3, 0.4) is 0 Å². The van der Waals surface area contributed by atoms with Crippen LogP contribution >= 0.6 is 21.9 Å². The molecule has 42 heavy (non-hydrogen) atoms. The van der Waals surface area contributed by atoms with Crippen LogP contribution in [-0.4, -0.2) is 50.1 Å². The van der Waals surface area contributed by atoms with Crippen molar-refractivity contribution in [3.05, 3.63) is 59.3 Å². The first-order chi connectivity index (χ1) is 20.2. The lowest BCUT2D eigenvalue weighted by molar-refractivity contribution is -0.127. The molecule has 218 valence electrons. The van der Waals surface area contributed by atoms with Gasteiger partial charge in [0.2, 0.25) is 5.91 Å². The van der Waals surface area contributed by atoms with E-state index in [1.807, 2.05) is 25.1 Å². The third-order valence-corrected chi connectivity index (χ3v) is 11.7. The summed E-state index contributed by atoms with van der Waals surface area (Å²) >= 11 is 1.62. The van der Waals surface area contributed by atoms with Crippen molar-refractivity contribution in [2.45, 2.75) is 56.9 Å². The highest BCUT2D eigenvalue weighted by Gasteiger charge is 2.47. The molecule has 1 aromatic heterocycles. The Hall–Kier alpha value is -3.41. The number of carbonyl (C=O) groups excluding carboxylic acids is 1. The molecule has 0 unspecified atom stereocenters. The van der Waals surface area contributed by atoms with E-state index in [0.29, 0.717) is 43.0 Å². The third kappa shape index (κ3) is 5.77. The first-order valence-corrected chi connectivity index (χ1v) is 17.3. The van der Waals surface area contributed by atoms with Gasteiger partial charge in [-0.05, 0) is 68.0 Å². The Balaban J connectivity index is 1.37. The van der Waals surface area contributed by atoms with Crippen molar-refractivity contribution in [1.29, 1.82) is 10.5 Å². The van der Waals surface area contributed by atoms with Gasteiger partial charge in [-0.2, -0.15) is 21.1 Å². The molecule has 2 aliphatic carbocycles. The van der Waals surface area contributed by atoms with Gasteiger partial charge in [-0.1, -0.05) is 31.0 Å². The quantitative estimate of drug-likeness (QED) is 0.287. The van der Waals surface area contributed by atoms with E-state index < -0.39 is 16.1 Å². The summed E-state index contributed by atoms with van der Waals surface area (Å²) in [5, 5.41) is 22.9. The fraction of sp³-hybridized carbons (Fsp3) is 0.438. The highest BCUT2D eigenvalue weighted by Crippen LogP contribution is 2.47. The maximum absolute atomic E-state index is 13.6. The van der Waals surface area contributed by atoms with Gasteiger partial charge < -0.3 is 10.2 Å². The smallest absolute Gasteiger partial charge is 0.225 e. The SMILES string of the molecule is Cc1cc(C#N)ccc1-c1nc([C@@H]2CCCC[C@H]2C(=O)NC2(C#N)CC2)c(-c2ccc(N3CCS(O)(O)CC3)cc2)s1. The Kier molecular flexibility index (Phi) is 7.75. The number of nitrogens with one attached hydrogen (secondary N) is 1. The van der Waals surface area contributed by atoms with Gasteiger partial charge in [0.25, 0.3) is 0 Å². The summed E-state index contributed by atoms with van der Waals surface area (Å²) in [6, 6.07) is 18.5. The molecule has 8 nitrogen and oxygen atoms in total. The van der Waals surface area contributed by atoms with Crippen LogP contribution in [-0.2, 0) is 4.79 Å². The summed E-state index contributed by atoms with van der Waals surface area (Å²) in [5.74, 6) is 0.435. The molecule has 10 heteroatoms. The van der Waals surface area contributed by atoms with Crippen molar-refractivity contribution in [2.75, 3.05) is 29.5 Å². The zero-order valence-electron chi connectivity index (χ0n) is 23.7. The lowest BCUT2D eigenvalue weighted by Gasteiger charge is -2.41. The molecule has 1 saturated heterocycles. The van der Waals surface area contributed by atoms with Gasteiger partial charge >= 0.3 is 0 Å². The van der Waals surface area contributed by atoms with E-state index >= 15 is 0 Å². The van der Waals surface area contributed by atoms with Crippen molar-refractivity contribution in [2.24, 2.45) is 5.92 Å². The zero-order valence-corrected chi connectivity index (χ0v) is 25.3. The van der Waals surface area contributed by atoms with E-state index in [9.17, 15) is 24.4 Å². The van der Waals surface area contributed by atoms with Crippen molar-refractivity contribution >= 4 is 33.5 Å². The maximum atomic E-state index is 13.6. The number of benzene rings is 2. The number of aryl methyl sites for hydroxylation is 1. The van der Waals surface area contributed by atoms with E-state index in [4.69, 9.17) is 4.98 Å². The van der Waals surface area contributed by atoms with Crippen molar-refractivity contribution in [3.63, 3.8) is 0 Å². The monoisotopic (exact) mass is 601 g/mol. The number of anilines is 1. The second kappa shape index (κ2) is 11.3. The summed E-state index contributed by atoms with van der Waals surface area (Å²) in [6.45, 7) is 3.21. The van der Waals surface area contributed by atoms with Crippen LogP contribution in [0.15, 0.2) is 42.5 Å². The Morgan fingerprint density at radius 3 is 2.45 bits per heavy atom.